The van der Waals surface area contributed by atoms with E-state index in [4.69, 9.17) is 4.74 Å². The number of benzene rings is 1. The summed E-state index contributed by atoms with van der Waals surface area (Å²) >= 11 is 0. The molecule has 0 aliphatic heterocycles. The number of hydrogen-bond acceptors (Lipinski definition) is 4. The first-order valence-electron chi connectivity index (χ1n) is 6.50. The topological polar surface area (TPSA) is 81.5 Å². The molecule has 2 atom stereocenters. The van der Waals surface area contributed by atoms with Crippen molar-refractivity contribution in [1.29, 1.82) is 0 Å². The van der Waals surface area contributed by atoms with Crippen LogP contribution in [0, 0.1) is 10.1 Å². The van der Waals surface area contributed by atoms with Gasteiger partial charge in [0.15, 0.2) is 0 Å². The lowest BCUT2D eigenvalue weighted by atomic mass is 10.1. The lowest BCUT2D eigenvalue weighted by Crippen LogP contribution is -2.34. The highest BCUT2D eigenvalue weighted by Gasteiger charge is 2.40. The third-order valence-corrected chi connectivity index (χ3v) is 3.02. The molecule has 1 aliphatic rings. The average Bonchev–Trinajstić information content (AvgIpc) is 3.05. The van der Waals surface area contributed by atoms with Crippen LogP contribution in [0.5, 0.6) is 0 Å². The maximum Gasteiger partial charge on any atom is 0.407 e. The molecule has 1 saturated carbocycles. The van der Waals surface area contributed by atoms with Crippen LogP contribution in [0.2, 0.25) is 0 Å². The SMILES string of the molecule is CC(C)(C)OC(=O)N[C@@H]1C[C@@H]1c1ccc([N+](=O)[O-])cc1. The molecule has 2 rings (SSSR count). The van der Waals surface area contributed by atoms with Crippen molar-refractivity contribution in [2.45, 2.75) is 44.8 Å². The number of nitrogens with one attached hydrogen (secondary N) is 1. The van der Waals surface area contributed by atoms with E-state index in [1.54, 1.807) is 12.1 Å². The molecular formula is C14H18N2O4. The highest BCUT2D eigenvalue weighted by atomic mass is 16.6. The minimum Gasteiger partial charge on any atom is -0.444 e. The Bertz CT molecular complexity index is 519. The second kappa shape index (κ2) is 5.11. The van der Waals surface area contributed by atoms with Crippen molar-refractivity contribution in [1.82, 2.24) is 5.32 Å². The summed E-state index contributed by atoms with van der Waals surface area (Å²) in [4.78, 5) is 21.8. The molecule has 1 amide bonds. The molecule has 0 unspecified atom stereocenters. The molecule has 0 saturated heterocycles. The number of non-ortho nitro benzene ring substituents is 1. The van der Waals surface area contributed by atoms with Crippen molar-refractivity contribution in [2.75, 3.05) is 0 Å². The van der Waals surface area contributed by atoms with Gasteiger partial charge < -0.3 is 10.1 Å². The van der Waals surface area contributed by atoms with Crippen LogP contribution in [0.15, 0.2) is 24.3 Å². The van der Waals surface area contributed by atoms with Gasteiger partial charge in [0.2, 0.25) is 0 Å². The van der Waals surface area contributed by atoms with E-state index in [2.05, 4.69) is 5.32 Å². The monoisotopic (exact) mass is 278 g/mol. The van der Waals surface area contributed by atoms with Crippen LogP contribution in [-0.2, 0) is 4.74 Å². The Morgan fingerprint density at radius 3 is 2.45 bits per heavy atom. The fourth-order valence-corrected chi connectivity index (χ4v) is 2.03. The normalized spacial score (nSPS) is 21.1. The standard InChI is InChI=1S/C14H18N2O4/c1-14(2,3)20-13(17)15-12-8-11(12)9-4-6-10(7-5-9)16(18)19/h4-7,11-12H,8H2,1-3H3,(H,15,17)/t11-,12-/m1/s1. The molecule has 0 spiro atoms. The summed E-state index contributed by atoms with van der Waals surface area (Å²) in [5, 5.41) is 13.4. The summed E-state index contributed by atoms with van der Waals surface area (Å²) in [6, 6.07) is 6.49. The van der Waals surface area contributed by atoms with E-state index in [-0.39, 0.29) is 17.6 Å². The van der Waals surface area contributed by atoms with Crippen molar-refractivity contribution < 1.29 is 14.5 Å². The number of hydrogen-bond donors (Lipinski definition) is 1. The van der Waals surface area contributed by atoms with Crippen LogP contribution >= 0.6 is 0 Å². The number of rotatable bonds is 3. The first-order valence-corrected chi connectivity index (χ1v) is 6.50. The maximum absolute atomic E-state index is 11.6. The predicted molar refractivity (Wildman–Crippen MR) is 73.6 cm³/mol. The fourth-order valence-electron chi connectivity index (χ4n) is 2.03. The first-order chi connectivity index (χ1) is 9.26. The molecule has 1 fully saturated rings. The third kappa shape index (κ3) is 3.69. The van der Waals surface area contributed by atoms with Crippen LogP contribution in [0.1, 0.15) is 38.7 Å². The quantitative estimate of drug-likeness (QED) is 0.680. The van der Waals surface area contributed by atoms with Gasteiger partial charge in [-0.2, -0.15) is 0 Å². The van der Waals surface area contributed by atoms with Crippen molar-refractivity contribution in [3.63, 3.8) is 0 Å². The molecule has 0 radical (unpaired) electrons. The van der Waals surface area contributed by atoms with Crippen molar-refractivity contribution in [3.8, 4) is 0 Å². The van der Waals surface area contributed by atoms with Crippen LogP contribution in [0.25, 0.3) is 0 Å². The Hall–Kier alpha value is -2.11. The largest absolute Gasteiger partial charge is 0.444 e. The zero-order chi connectivity index (χ0) is 14.9. The minimum atomic E-state index is -0.512. The Kier molecular flexibility index (Phi) is 3.65. The van der Waals surface area contributed by atoms with Gasteiger partial charge in [-0.05, 0) is 32.8 Å². The van der Waals surface area contributed by atoms with Gasteiger partial charge in [-0.3, -0.25) is 10.1 Å². The fraction of sp³-hybridized carbons (Fsp3) is 0.500. The maximum atomic E-state index is 11.6. The van der Waals surface area contributed by atoms with E-state index in [1.807, 2.05) is 20.8 Å². The van der Waals surface area contributed by atoms with Crippen LogP contribution < -0.4 is 5.32 Å². The zero-order valence-corrected chi connectivity index (χ0v) is 11.8. The number of alkyl carbamates (subject to hydrolysis) is 1. The minimum absolute atomic E-state index is 0.0475. The van der Waals surface area contributed by atoms with Crippen molar-refractivity contribution >= 4 is 11.8 Å². The molecule has 108 valence electrons. The number of nitro benzene ring substituents is 1. The van der Waals surface area contributed by atoms with Gasteiger partial charge in [-0.15, -0.1) is 0 Å². The van der Waals surface area contributed by atoms with Gasteiger partial charge in [-0.25, -0.2) is 4.79 Å². The second-order valence-electron chi connectivity index (χ2n) is 5.94. The molecule has 20 heavy (non-hydrogen) atoms. The number of carbonyl (C=O) groups excluding carboxylic acids is 1. The first kappa shape index (κ1) is 14.3. The van der Waals surface area contributed by atoms with E-state index in [1.165, 1.54) is 12.1 Å². The van der Waals surface area contributed by atoms with Gasteiger partial charge in [0, 0.05) is 24.1 Å². The van der Waals surface area contributed by atoms with Crippen LogP contribution in [0.4, 0.5) is 10.5 Å². The van der Waals surface area contributed by atoms with Crippen molar-refractivity contribution in [3.05, 3.63) is 39.9 Å². The Labute approximate surface area is 117 Å². The molecular weight excluding hydrogens is 260 g/mol. The molecule has 1 aromatic rings. The molecule has 0 bridgehead atoms. The highest BCUT2D eigenvalue weighted by Crippen LogP contribution is 2.41. The molecule has 6 nitrogen and oxygen atoms in total. The van der Waals surface area contributed by atoms with Crippen LogP contribution in [0.3, 0.4) is 0 Å². The predicted octanol–water partition coefficient (Wildman–Crippen LogP) is 2.98. The van der Waals surface area contributed by atoms with E-state index in [9.17, 15) is 14.9 Å². The van der Waals surface area contributed by atoms with Gasteiger partial charge in [0.25, 0.3) is 5.69 Å². The summed E-state index contributed by atoms with van der Waals surface area (Å²) < 4.78 is 5.18. The number of ether oxygens (including phenoxy) is 1. The Morgan fingerprint density at radius 2 is 1.95 bits per heavy atom. The highest BCUT2D eigenvalue weighted by molar-refractivity contribution is 5.69. The third-order valence-electron chi connectivity index (χ3n) is 3.02. The molecule has 1 aliphatic carbocycles. The summed E-state index contributed by atoms with van der Waals surface area (Å²) in [5.74, 6) is 0.211. The van der Waals surface area contributed by atoms with E-state index >= 15 is 0 Å². The van der Waals surface area contributed by atoms with Gasteiger partial charge >= 0.3 is 6.09 Å². The number of nitro groups is 1. The zero-order valence-electron chi connectivity index (χ0n) is 11.8. The molecule has 0 heterocycles. The van der Waals surface area contributed by atoms with Gasteiger partial charge in [0.05, 0.1) is 4.92 Å². The second-order valence-corrected chi connectivity index (χ2v) is 5.94. The lowest BCUT2D eigenvalue weighted by molar-refractivity contribution is -0.384. The molecule has 0 aromatic heterocycles. The molecule has 1 N–H and O–H groups in total. The van der Waals surface area contributed by atoms with Crippen LogP contribution in [-0.4, -0.2) is 22.7 Å². The van der Waals surface area contributed by atoms with E-state index in [0.717, 1.165) is 12.0 Å². The average molecular weight is 278 g/mol. The van der Waals surface area contributed by atoms with E-state index < -0.39 is 16.6 Å². The van der Waals surface area contributed by atoms with Crippen molar-refractivity contribution in [2.24, 2.45) is 0 Å². The molecule has 1 aromatic carbocycles. The number of nitrogens with zero attached hydrogens (tertiary/aromatic N) is 1. The Balaban J connectivity index is 1.88. The Morgan fingerprint density at radius 1 is 1.35 bits per heavy atom. The summed E-state index contributed by atoms with van der Waals surface area (Å²) in [6.45, 7) is 5.44. The summed E-state index contributed by atoms with van der Waals surface area (Å²) in [6.07, 6.45) is 0.406. The van der Waals surface area contributed by atoms with E-state index in [0.29, 0.717) is 0 Å². The number of carbonyl (C=O) groups is 1. The summed E-state index contributed by atoms with van der Waals surface area (Å²) in [5.41, 5.74) is 0.560. The number of amides is 1. The lowest BCUT2D eigenvalue weighted by Gasteiger charge is -2.19. The summed E-state index contributed by atoms with van der Waals surface area (Å²) in [7, 11) is 0. The smallest absolute Gasteiger partial charge is 0.407 e. The van der Waals surface area contributed by atoms with Gasteiger partial charge in [0.1, 0.15) is 5.60 Å². The molecule has 6 heteroatoms. The van der Waals surface area contributed by atoms with Gasteiger partial charge in [-0.1, -0.05) is 12.1 Å².